The highest BCUT2D eigenvalue weighted by Gasteiger charge is 2.09. The molecule has 2 aromatic rings. The number of aryl methyl sites for hydroxylation is 1. The zero-order valence-electron chi connectivity index (χ0n) is 10.2. The standard InChI is InChI=1S/C12H15BN2O3/c1-15-8-7-14-12(15)6-9-18-11-4-2-10(3-5-11)13(16)17/h2-5,7-8,16-17H,6,9H2,1H3. The van der Waals surface area contributed by atoms with E-state index in [0.29, 0.717) is 17.8 Å². The Hall–Kier alpha value is -1.79. The molecule has 0 spiro atoms. The molecule has 0 aliphatic rings. The van der Waals surface area contributed by atoms with Crippen molar-refractivity contribution in [2.24, 2.45) is 7.05 Å². The summed E-state index contributed by atoms with van der Waals surface area (Å²) in [4.78, 5) is 4.20. The van der Waals surface area contributed by atoms with Gasteiger partial charge >= 0.3 is 7.12 Å². The predicted molar refractivity (Wildman–Crippen MR) is 68.7 cm³/mol. The van der Waals surface area contributed by atoms with Crippen molar-refractivity contribution in [3.8, 4) is 5.75 Å². The first-order chi connectivity index (χ1) is 8.66. The van der Waals surface area contributed by atoms with Crippen LogP contribution in [-0.4, -0.2) is 33.3 Å². The molecule has 1 aromatic heterocycles. The van der Waals surface area contributed by atoms with E-state index >= 15 is 0 Å². The van der Waals surface area contributed by atoms with Gasteiger partial charge in [-0.25, -0.2) is 4.98 Å². The highest BCUT2D eigenvalue weighted by molar-refractivity contribution is 6.58. The SMILES string of the molecule is Cn1ccnc1CCOc1ccc(B(O)O)cc1. The van der Waals surface area contributed by atoms with Gasteiger partial charge in [0.15, 0.2) is 0 Å². The Bertz CT molecular complexity index is 496. The molecular formula is C12H15BN2O3. The zero-order valence-corrected chi connectivity index (χ0v) is 10.2. The van der Waals surface area contributed by atoms with E-state index in [4.69, 9.17) is 14.8 Å². The molecular weight excluding hydrogens is 231 g/mol. The van der Waals surface area contributed by atoms with E-state index in [0.717, 1.165) is 12.2 Å². The van der Waals surface area contributed by atoms with Crippen LogP contribution in [0.2, 0.25) is 0 Å². The van der Waals surface area contributed by atoms with Gasteiger partial charge in [-0.3, -0.25) is 0 Å². The predicted octanol–water partition coefficient (Wildman–Crippen LogP) is -0.279. The molecule has 1 heterocycles. The number of nitrogens with zero attached hydrogens (tertiary/aromatic N) is 2. The lowest BCUT2D eigenvalue weighted by molar-refractivity contribution is 0.317. The second-order valence-electron chi connectivity index (χ2n) is 4.00. The Kier molecular flexibility index (Phi) is 4.01. The average Bonchev–Trinajstić information content (AvgIpc) is 2.76. The minimum absolute atomic E-state index is 0.450. The number of hydrogen-bond donors (Lipinski definition) is 2. The summed E-state index contributed by atoms with van der Waals surface area (Å²) < 4.78 is 7.51. The maximum Gasteiger partial charge on any atom is 0.488 e. The van der Waals surface area contributed by atoms with E-state index < -0.39 is 7.12 Å². The van der Waals surface area contributed by atoms with E-state index in [-0.39, 0.29) is 0 Å². The Balaban J connectivity index is 1.85. The van der Waals surface area contributed by atoms with E-state index in [1.165, 1.54) is 0 Å². The first-order valence-corrected chi connectivity index (χ1v) is 5.72. The third kappa shape index (κ3) is 3.12. The van der Waals surface area contributed by atoms with Gasteiger partial charge in [0.2, 0.25) is 0 Å². The molecule has 0 aliphatic heterocycles. The average molecular weight is 246 g/mol. The molecule has 0 unspecified atom stereocenters. The Morgan fingerprint density at radius 2 is 2.00 bits per heavy atom. The third-order valence-electron chi connectivity index (χ3n) is 2.69. The largest absolute Gasteiger partial charge is 0.493 e. The molecule has 0 aliphatic carbocycles. The van der Waals surface area contributed by atoms with Crippen molar-refractivity contribution >= 4 is 12.6 Å². The fourth-order valence-corrected chi connectivity index (χ4v) is 1.63. The van der Waals surface area contributed by atoms with Gasteiger partial charge in [0.05, 0.1) is 6.61 Å². The minimum Gasteiger partial charge on any atom is -0.493 e. The molecule has 0 saturated carbocycles. The Morgan fingerprint density at radius 1 is 1.28 bits per heavy atom. The summed E-state index contributed by atoms with van der Waals surface area (Å²) in [5.41, 5.74) is 0.450. The number of ether oxygens (including phenoxy) is 1. The van der Waals surface area contributed by atoms with Gasteiger partial charge in [-0.15, -0.1) is 0 Å². The van der Waals surface area contributed by atoms with Gasteiger partial charge in [0, 0.05) is 25.9 Å². The lowest BCUT2D eigenvalue weighted by Gasteiger charge is -2.07. The molecule has 1 aromatic carbocycles. The van der Waals surface area contributed by atoms with Crippen LogP contribution in [-0.2, 0) is 13.5 Å². The van der Waals surface area contributed by atoms with Crippen molar-refractivity contribution in [1.82, 2.24) is 9.55 Å². The molecule has 0 radical (unpaired) electrons. The fourth-order valence-electron chi connectivity index (χ4n) is 1.63. The van der Waals surface area contributed by atoms with Crippen LogP contribution in [0.1, 0.15) is 5.82 Å². The summed E-state index contributed by atoms with van der Waals surface area (Å²) in [5.74, 6) is 1.67. The molecule has 94 valence electrons. The maximum atomic E-state index is 8.95. The van der Waals surface area contributed by atoms with Gasteiger partial charge in [0.25, 0.3) is 0 Å². The second kappa shape index (κ2) is 5.70. The van der Waals surface area contributed by atoms with Gasteiger partial charge in [-0.2, -0.15) is 0 Å². The number of aromatic nitrogens is 2. The van der Waals surface area contributed by atoms with Crippen molar-refractivity contribution in [3.05, 3.63) is 42.5 Å². The van der Waals surface area contributed by atoms with Crippen molar-refractivity contribution < 1.29 is 14.8 Å². The lowest BCUT2D eigenvalue weighted by atomic mass is 9.80. The molecule has 0 saturated heterocycles. The van der Waals surface area contributed by atoms with Crippen LogP contribution in [0.25, 0.3) is 0 Å². The summed E-state index contributed by atoms with van der Waals surface area (Å²) in [6.07, 6.45) is 4.38. The van der Waals surface area contributed by atoms with E-state index in [1.807, 2.05) is 17.8 Å². The van der Waals surface area contributed by atoms with E-state index in [1.54, 1.807) is 30.5 Å². The number of rotatable bonds is 5. The van der Waals surface area contributed by atoms with Crippen molar-refractivity contribution in [1.29, 1.82) is 0 Å². The van der Waals surface area contributed by atoms with E-state index in [2.05, 4.69) is 4.98 Å². The molecule has 0 amide bonds. The summed E-state index contributed by atoms with van der Waals surface area (Å²) >= 11 is 0. The fraction of sp³-hybridized carbons (Fsp3) is 0.250. The zero-order chi connectivity index (χ0) is 13.0. The minimum atomic E-state index is -1.44. The quantitative estimate of drug-likeness (QED) is 0.712. The number of imidazole rings is 1. The Morgan fingerprint density at radius 3 is 2.56 bits per heavy atom. The molecule has 6 heteroatoms. The highest BCUT2D eigenvalue weighted by Crippen LogP contribution is 2.08. The van der Waals surface area contributed by atoms with Crippen LogP contribution in [0.3, 0.4) is 0 Å². The summed E-state index contributed by atoms with van der Waals surface area (Å²) in [6, 6.07) is 6.68. The van der Waals surface area contributed by atoms with Gasteiger partial charge < -0.3 is 19.4 Å². The van der Waals surface area contributed by atoms with Crippen molar-refractivity contribution in [3.63, 3.8) is 0 Å². The third-order valence-corrected chi connectivity index (χ3v) is 2.69. The second-order valence-corrected chi connectivity index (χ2v) is 4.00. The van der Waals surface area contributed by atoms with Crippen LogP contribution in [0.5, 0.6) is 5.75 Å². The van der Waals surface area contributed by atoms with Crippen LogP contribution < -0.4 is 10.2 Å². The molecule has 5 nitrogen and oxygen atoms in total. The smallest absolute Gasteiger partial charge is 0.488 e. The van der Waals surface area contributed by atoms with E-state index in [9.17, 15) is 0 Å². The summed E-state index contributed by atoms with van der Waals surface area (Å²) in [7, 11) is 0.506. The van der Waals surface area contributed by atoms with Crippen LogP contribution >= 0.6 is 0 Å². The van der Waals surface area contributed by atoms with Gasteiger partial charge in [0.1, 0.15) is 11.6 Å². The van der Waals surface area contributed by atoms with Crippen molar-refractivity contribution in [2.45, 2.75) is 6.42 Å². The van der Waals surface area contributed by atoms with Crippen LogP contribution in [0.15, 0.2) is 36.7 Å². The van der Waals surface area contributed by atoms with Crippen LogP contribution in [0.4, 0.5) is 0 Å². The Labute approximate surface area is 106 Å². The first-order valence-electron chi connectivity index (χ1n) is 5.72. The number of benzene rings is 1. The van der Waals surface area contributed by atoms with Crippen LogP contribution in [0, 0.1) is 0 Å². The van der Waals surface area contributed by atoms with Crippen molar-refractivity contribution in [2.75, 3.05) is 6.61 Å². The highest BCUT2D eigenvalue weighted by atomic mass is 16.5. The summed E-state index contributed by atoms with van der Waals surface area (Å²) in [5, 5.41) is 17.9. The van der Waals surface area contributed by atoms with Gasteiger partial charge in [-0.1, -0.05) is 12.1 Å². The normalized spacial score (nSPS) is 10.4. The molecule has 0 atom stereocenters. The topological polar surface area (TPSA) is 67.5 Å². The molecule has 2 rings (SSSR count). The molecule has 0 bridgehead atoms. The monoisotopic (exact) mass is 246 g/mol. The molecule has 2 N–H and O–H groups in total. The molecule has 18 heavy (non-hydrogen) atoms. The lowest BCUT2D eigenvalue weighted by Crippen LogP contribution is -2.29. The number of hydrogen-bond acceptors (Lipinski definition) is 4. The first kappa shape index (κ1) is 12.7. The van der Waals surface area contributed by atoms with Gasteiger partial charge in [-0.05, 0) is 17.6 Å². The molecule has 0 fully saturated rings. The summed E-state index contributed by atoms with van der Waals surface area (Å²) in [6.45, 7) is 0.534. The maximum absolute atomic E-state index is 8.95.